The van der Waals surface area contributed by atoms with Gasteiger partial charge < -0.3 is 9.30 Å². The number of hydrogen-bond donors (Lipinski definition) is 0. The van der Waals surface area contributed by atoms with Gasteiger partial charge >= 0.3 is 6.09 Å². The summed E-state index contributed by atoms with van der Waals surface area (Å²) in [6, 6.07) is 40.1. The predicted octanol–water partition coefficient (Wildman–Crippen LogP) is 7.31. The van der Waals surface area contributed by atoms with Crippen molar-refractivity contribution in [3.63, 3.8) is 0 Å². The summed E-state index contributed by atoms with van der Waals surface area (Å²) in [5.74, 6) is -0.697. The number of amides is 2. The molecule has 0 N–H and O–H groups in total. The molecular weight excluding hydrogens is 590 g/mol. The second-order valence-electron chi connectivity index (χ2n) is 10.4. The van der Waals surface area contributed by atoms with Gasteiger partial charge in [-0.2, -0.15) is 0 Å². The minimum absolute atomic E-state index is 0.130. The van der Waals surface area contributed by atoms with E-state index < -0.39 is 22.5 Å². The Labute approximate surface area is 253 Å². The molecule has 2 heterocycles. The average molecular weight is 621 g/mol. The van der Waals surface area contributed by atoms with E-state index in [9.17, 15) is 9.59 Å². The number of rotatable bonds is 8. The van der Waals surface area contributed by atoms with Crippen LogP contribution < -0.4 is 0 Å². The molecule has 0 aliphatic carbocycles. The molecule has 0 unspecified atom stereocenters. The Kier molecular flexibility index (Phi) is 7.76. The number of carbonyl (C=O) groups is 2. The maximum absolute atomic E-state index is 13.8. The van der Waals surface area contributed by atoms with Crippen LogP contribution >= 0.6 is 15.9 Å². The highest BCUT2D eigenvalue weighted by molar-refractivity contribution is 9.10. The topological polar surface area (TPSA) is 64.4 Å². The molecule has 4 aromatic carbocycles. The maximum atomic E-state index is 13.8. The van der Waals surface area contributed by atoms with E-state index in [0.29, 0.717) is 0 Å². The quantitative estimate of drug-likeness (QED) is 0.135. The van der Waals surface area contributed by atoms with Crippen LogP contribution in [0.5, 0.6) is 0 Å². The normalized spacial score (nSPS) is 16.6. The Morgan fingerprint density at radius 2 is 1.31 bits per heavy atom. The lowest BCUT2D eigenvalue weighted by atomic mass is 9.76. The standard InChI is InChI=1S/C35H30BrN3O3/c1-25(32(36)33(40)39-31(23-42-34(39)41)26-14-6-2-7-15-26)30-22-38(24-37-30)35(27-16-8-3-9-17-27,28-18-10-4-11-19-28)29-20-12-5-13-21-29/h2-22,24-25,31-32H,23H2,1H3/t25-,31-,32+/m0/s1. The zero-order valence-corrected chi connectivity index (χ0v) is 24.7. The summed E-state index contributed by atoms with van der Waals surface area (Å²) in [6.07, 6.45) is 3.21. The van der Waals surface area contributed by atoms with Crippen LogP contribution in [0.3, 0.4) is 0 Å². The van der Waals surface area contributed by atoms with Crippen LogP contribution in [0.25, 0.3) is 0 Å². The molecule has 0 saturated carbocycles. The van der Waals surface area contributed by atoms with E-state index in [2.05, 4.69) is 56.9 Å². The highest BCUT2D eigenvalue weighted by Crippen LogP contribution is 2.41. The van der Waals surface area contributed by atoms with Gasteiger partial charge in [-0.05, 0) is 22.3 Å². The minimum Gasteiger partial charge on any atom is -0.446 e. The van der Waals surface area contributed by atoms with Crippen LogP contribution in [0.2, 0.25) is 0 Å². The number of alkyl halides is 1. The SMILES string of the molecule is C[C@@H](c1cn(C(c2ccccc2)(c2ccccc2)c2ccccc2)cn1)[C@@H](Br)C(=O)N1C(=O)OC[C@H]1c1ccccc1. The van der Waals surface area contributed by atoms with Crippen LogP contribution in [0.15, 0.2) is 134 Å². The maximum Gasteiger partial charge on any atom is 0.417 e. The van der Waals surface area contributed by atoms with Crippen LogP contribution in [0.4, 0.5) is 4.79 Å². The summed E-state index contributed by atoms with van der Waals surface area (Å²) in [5, 5.41) is 0. The number of benzene rings is 4. The van der Waals surface area contributed by atoms with Crippen LogP contribution in [0.1, 0.15) is 46.8 Å². The van der Waals surface area contributed by atoms with Gasteiger partial charge in [0.25, 0.3) is 0 Å². The number of cyclic esters (lactones) is 1. The zero-order chi connectivity index (χ0) is 29.1. The van der Waals surface area contributed by atoms with Gasteiger partial charge in [0.2, 0.25) is 5.91 Å². The molecule has 2 amide bonds. The summed E-state index contributed by atoms with van der Waals surface area (Å²) in [7, 11) is 0. The molecule has 6 nitrogen and oxygen atoms in total. The summed E-state index contributed by atoms with van der Waals surface area (Å²) < 4.78 is 7.44. The lowest BCUT2D eigenvalue weighted by molar-refractivity contribution is -0.128. The molecule has 1 fully saturated rings. The fourth-order valence-electron chi connectivity index (χ4n) is 5.82. The molecule has 1 saturated heterocycles. The Morgan fingerprint density at radius 3 is 1.81 bits per heavy atom. The van der Waals surface area contributed by atoms with Crippen LogP contribution in [-0.4, -0.2) is 37.9 Å². The third-order valence-corrected chi connectivity index (χ3v) is 9.19. The molecule has 1 aromatic heterocycles. The van der Waals surface area contributed by atoms with E-state index in [4.69, 9.17) is 9.72 Å². The van der Waals surface area contributed by atoms with Crippen molar-refractivity contribution in [3.05, 3.63) is 162 Å². The summed E-state index contributed by atoms with van der Waals surface area (Å²) in [5.41, 5.74) is 4.11. The zero-order valence-electron chi connectivity index (χ0n) is 23.1. The van der Waals surface area contributed by atoms with Gasteiger partial charge in [0.05, 0.1) is 12.0 Å². The average Bonchev–Trinajstić information content (AvgIpc) is 3.70. The Morgan fingerprint density at radius 1 is 0.833 bits per heavy atom. The van der Waals surface area contributed by atoms with E-state index in [0.717, 1.165) is 27.9 Å². The predicted molar refractivity (Wildman–Crippen MR) is 165 cm³/mol. The fraction of sp³-hybridized carbons (Fsp3) is 0.171. The smallest absolute Gasteiger partial charge is 0.417 e. The van der Waals surface area contributed by atoms with Gasteiger partial charge in [-0.1, -0.05) is 144 Å². The lowest BCUT2D eigenvalue weighted by Gasteiger charge is -2.37. The van der Waals surface area contributed by atoms with E-state index in [1.54, 1.807) is 0 Å². The van der Waals surface area contributed by atoms with E-state index in [1.807, 2.05) is 104 Å². The highest BCUT2D eigenvalue weighted by atomic mass is 79.9. The van der Waals surface area contributed by atoms with Gasteiger partial charge in [-0.3, -0.25) is 4.79 Å². The van der Waals surface area contributed by atoms with Gasteiger partial charge in [-0.15, -0.1) is 0 Å². The number of ether oxygens (including phenoxy) is 1. The van der Waals surface area contributed by atoms with Crippen molar-refractivity contribution in [2.24, 2.45) is 0 Å². The number of halogens is 1. The first kappa shape index (κ1) is 27.7. The molecule has 42 heavy (non-hydrogen) atoms. The Hall–Kier alpha value is -4.49. The number of imide groups is 1. The number of hydrogen-bond acceptors (Lipinski definition) is 4. The summed E-state index contributed by atoms with van der Waals surface area (Å²) in [4.78, 5) is 31.8. The second kappa shape index (κ2) is 11.8. The van der Waals surface area contributed by atoms with Crippen molar-refractivity contribution in [2.75, 3.05) is 6.61 Å². The van der Waals surface area contributed by atoms with Crippen molar-refractivity contribution in [1.82, 2.24) is 14.5 Å². The van der Waals surface area contributed by atoms with Gasteiger partial charge in [-0.25, -0.2) is 14.7 Å². The molecule has 0 radical (unpaired) electrons. The van der Waals surface area contributed by atoms with Crippen molar-refractivity contribution < 1.29 is 14.3 Å². The lowest BCUT2D eigenvalue weighted by Crippen LogP contribution is -2.41. The third-order valence-electron chi connectivity index (χ3n) is 8.00. The largest absolute Gasteiger partial charge is 0.446 e. The second-order valence-corrected chi connectivity index (χ2v) is 11.4. The van der Waals surface area contributed by atoms with E-state index >= 15 is 0 Å². The summed E-state index contributed by atoms with van der Waals surface area (Å²) in [6.45, 7) is 2.07. The van der Waals surface area contributed by atoms with Crippen LogP contribution in [0, 0.1) is 0 Å². The molecule has 6 rings (SSSR count). The van der Waals surface area contributed by atoms with Crippen molar-refractivity contribution >= 4 is 27.9 Å². The summed E-state index contributed by atoms with van der Waals surface area (Å²) >= 11 is 3.63. The van der Waals surface area contributed by atoms with Crippen molar-refractivity contribution in [1.29, 1.82) is 0 Å². The van der Waals surface area contributed by atoms with Gasteiger partial charge in [0.1, 0.15) is 23.0 Å². The Bertz CT molecular complexity index is 1560. The Balaban J connectivity index is 1.39. The monoisotopic (exact) mass is 619 g/mol. The molecule has 5 aromatic rings. The number of carbonyl (C=O) groups excluding carboxylic acids is 2. The molecular formula is C35H30BrN3O3. The third kappa shape index (κ3) is 4.84. The number of imidazole rings is 1. The molecule has 0 bridgehead atoms. The van der Waals surface area contributed by atoms with E-state index in [1.165, 1.54) is 4.90 Å². The van der Waals surface area contributed by atoms with Gasteiger partial charge in [0, 0.05) is 12.1 Å². The first-order valence-electron chi connectivity index (χ1n) is 13.9. The van der Waals surface area contributed by atoms with Crippen LogP contribution in [-0.2, 0) is 15.1 Å². The minimum atomic E-state index is -0.711. The molecule has 3 atom stereocenters. The van der Waals surface area contributed by atoms with E-state index in [-0.39, 0.29) is 18.4 Å². The number of aromatic nitrogens is 2. The fourth-order valence-corrected chi connectivity index (χ4v) is 6.32. The van der Waals surface area contributed by atoms with Crippen molar-refractivity contribution in [2.45, 2.75) is 29.2 Å². The molecule has 1 aliphatic rings. The molecule has 7 heteroatoms. The van der Waals surface area contributed by atoms with Crippen molar-refractivity contribution in [3.8, 4) is 0 Å². The first-order valence-corrected chi connectivity index (χ1v) is 14.8. The van der Waals surface area contributed by atoms with Gasteiger partial charge in [0.15, 0.2) is 0 Å². The number of nitrogens with zero attached hydrogens (tertiary/aromatic N) is 3. The first-order chi connectivity index (χ1) is 20.5. The molecule has 1 aliphatic heterocycles. The molecule has 0 spiro atoms. The highest BCUT2D eigenvalue weighted by Gasteiger charge is 2.43. The molecule has 210 valence electrons.